The molecule has 0 saturated heterocycles. The quantitative estimate of drug-likeness (QED) is 0.0649. The van der Waals surface area contributed by atoms with Crippen molar-refractivity contribution >= 4 is 23.0 Å². The number of imidazole rings is 1. The van der Waals surface area contributed by atoms with Crippen molar-refractivity contribution < 1.29 is 14.3 Å². The average Bonchev–Trinajstić information content (AvgIpc) is 3.81. The van der Waals surface area contributed by atoms with Gasteiger partial charge in [-0.05, 0) is 128 Å². The molecular weight excluding hydrogens is 731 g/mol. The van der Waals surface area contributed by atoms with Crippen LogP contribution in [0.25, 0.3) is 11.2 Å². The number of carbonyl (C=O) groups excluding carboxylic acids is 1. The van der Waals surface area contributed by atoms with E-state index in [1.54, 1.807) is 5.57 Å². The van der Waals surface area contributed by atoms with E-state index in [0.717, 1.165) is 85.6 Å². The predicted molar refractivity (Wildman–Crippen MR) is 240 cm³/mol. The summed E-state index contributed by atoms with van der Waals surface area (Å²) in [6.07, 6.45) is 32.3. The van der Waals surface area contributed by atoms with Crippen molar-refractivity contribution in [2.45, 2.75) is 182 Å². The Hall–Kier alpha value is -3.42. The maximum absolute atomic E-state index is 13.3. The highest BCUT2D eigenvalue weighted by Gasteiger charge is 2.59. The molecule has 8 nitrogen and oxygen atoms in total. The Bertz CT molecular complexity index is 1840. The zero-order valence-corrected chi connectivity index (χ0v) is 37.4. The second kappa shape index (κ2) is 20.0. The van der Waals surface area contributed by atoms with Gasteiger partial charge in [-0.1, -0.05) is 117 Å². The lowest BCUT2D eigenvalue weighted by atomic mass is 9.47. The molecule has 8 atom stereocenters. The van der Waals surface area contributed by atoms with Crippen LogP contribution in [0.2, 0.25) is 0 Å². The Balaban J connectivity index is 0.753. The van der Waals surface area contributed by atoms with E-state index in [9.17, 15) is 4.79 Å². The molecular formula is C51H77N5O3. The fraction of sp³-hybridized carbons (Fsp3) is 0.725. The second-order valence-electron chi connectivity index (χ2n) is 20.3. The molecule has 3 fully saturated rings. The number of ether oxygens (including phenoxy) is 2. The third-order valence-electron chi connectivity index (χ3n) is 16.1. The van der Waals surface area contributed by atoms with Gasteiger partial charge in [-0.3, -0.25) is 0 Å². The van der Waals surface area contributed by atoms with E-state index >= 15 is 0 Å². The number of anilines is 1. The van der Waals surface area contributed by atoms with E-state index in [4.69, 9.17) is 15.2 Å². The standard InChI is InChI=1S/C51H77N5O3/c1-36(2)17-16-18-37(3)43-25-26-44-42-24-21-39-33-41(27-29-50(39,4)45(42)28-30-51(43,44)5)59-49(57)38-19-22-40(23-20-38)58-32-15-13-11-9-7-6-8-10-12-14-31-56-35-55-46-47(52)53-34-54-48(46)56/h19-23,34-37,41-45H,6-18,24-33H2,1-5H3,(H2,52,53,54)/t37-,41+,42+,43-,44+,45+,50+,51-/m1/s1. The van der Waals surface area contributed by atoms with Crippen LogP contribution in [0.1, 0.15) is 180 Å². The van der Waals surface area contributed by atoms with Gasteiger partial charge in [0, 0.05) is 13.0 Å². The minimum absolute atomic E-state index is 0.0253. The Kier molecular flexibility index (Phi) is 14.8. The molecule has 7 rings (SSSR count). The van der Waals surface area contributed by atoms with Crippen molar-refractivity contribution in [3.63, 3.8) is 0 Å². The Morgan fingerprint density at radius 3 is 2.31 bits per heavy atom. The maximum atomic E-state index is 13.3. The minimum Gasteiger partial charge on any atom is -0.494 e. The average molecular weight is 808 g/mol. The highest BCUT2D eigenvalue weighted by Crippen LogP contribution is 2.67. The van der Waals surface area contributed by atoms with Crippen LogP contribution in [0, 0.1) is 46.3 Å². The molecule has 1 aromatic carbocycles. The summed E-state index contributed by atoms with van der Waals surface area (Å²) in [6.45, 7) is 14.2. The number of esters is 1. The van der Waals surface area contributed by atoms with Gasteiger partial charge in [0.25, 0.3) is 0 Å². The summed E-state index contributed by atoms with van der Waals surface area (Å²) in [6, 6.07) is 7.60. The van der Waals surface area contributed by atoms with Gasteiger partial charge in [-0.15, -0.1) is 0 Å². The number of benzene rings is 1. The monoisotopic (exact) mass is 808 g/mol. The number of hydrogen-bond donors (Lipinski definition) is 1. The van der Waals surface area contributed by atoms with Gasteiger partial charge >= 0.3 is 5.97 Å². The molecule has 8 heteroatoms. The van der Waals surface area contributed by atoms with Crippen LogP contribution in [0.4, 0.5) is 5.82 Å². The summed E-state index contributed by atoms with van der Waals surface area (Å²) >= 11 is 0. The zero-order valence-electron chi connectivity index (χ0n) is 37.4. The van der Waals surface area contributed by atoms with E-state index in [1.165, 1.54) is 109 Å². The lowest BCUT2D eigenvalue weighted by molar-refractivity contribution is -0.0594. The van der Waals surface area contributed by atoms with Gasteiger partial charge in [0.05, 0.1) is 18.5 Å². The summed E-state index contributed by atoms with van der Waals surface area (Å²) in [7, 11) is 0. The molecule has 4 aliphatic carbocycles. The van der Waals surface area contributed by atoms with Crippen molar-refractivity contribution in [2.24, 2.45) is 46.3 Å². The third kappa shape index (κ3) is 10.2. The minimum atomic E-state index is -0.197. The number of nitrogens with zero attached hydrogens (tertiary/aromatic N) is 4. The molecule has 3 aromatic rings. The van der Waals surface area contributed by atoms with E-state index in [1.807, 2.05) is 30.6 Å². The van der Waals surface area contributed by atoms with Crippen LogP contribution in [0.5, 0.6) is 5.75 Å². The molecule has 0 radical (unpaired) electrons. The maximum Gasteiger partial charge on any atom is 0.338 e. The number of unbranched alkanes of at least 4 members (excludes halogenated alkanes) is 9. The Labute approximate surface area is 356 Å². The number of allylic oxidation sites excluding steroid dienone is 1. The molecule has 4 aliphatic rings. The Morgan fingerprint density at radius 2 is 1.56 bits per heavy atom. The number of aryl methyl sites for hydroxylation is 1. The SMILES string of the molecule is CC(C)CCC[C@@H](C)[C@H]1CC[C@H]2[C@@H]3CC=C4C[C@@H](OC(=O)c5ccc(OCCCCCCCCCCCCn6cnc7c(N)ncnc76)cc5)CC[C@]4(C)[C@H]3CC[C@]12C. The molecule has 2 N–H and O–H groups in total. The fourth-order valence-corrected chi connectivity index (χ4v) is 12.7. The summed E-state index contributed by atoms with van der Waals surface area (Å²) in [5, 5.41) is 0. The van der Waals surface area contributed by atoms with Gasteiger partial charge in [-0.25, -0.2) is 19.7 Å². The number of nitrogens with two attached hydrogens (primary N) is 1. The molecule has 59 heavy (non-hydrogen) atoms. The molecule has 3 saturated carbocycles. The van der Waals surface area contributed by atoms with Gasteiger partial charge < -0.3 is 19.8 Å². The second-order valence-corrected chi connectivity index (χ2v) is 20.3. The zero-order chi connectivity index (χ0) is 41.4. The number of nitrogen functional groups attached to an aromatic ring is 1. The van der Waals surface area contributed by atoms with Crippen LogP contribution in [0.3, 0.4) is 0 Å². The molecule has 0 aliphatic heterocycles. The molecule has 0 unspecified atom stereocenters. The van der Waals surface area contributed by atoms with Crippen LogP contribution in [-0.2, 0) is 11.3 Å². The van der Waals surface area contributed by atoms with Crippen molar-refractivity contribution in [1.29, 1.82) is 0 Å². The van der Waals surface area contributed by atoms with E-state index in [2.05, 4.69) is 60.2 Å². The Morgan fingerprint density at radius 1 is 0.831 bits per heavy atom. The smallest absolute Gasteiger partial charge is 0.338 e. The van der Waals surface area contributed by atoms with Crippen molar-refractivity contribution in [3.8, 4) is 5.75 Å². The third-order valence-corrected chi connectivity index (χ3v) is 16.1. The van der Waals surface area contributed by atoms with E-state index < -0.39 is 0 Å². The van der Waals surface area contributed by atoms with E-state index in [-0.39, 0.29) is 17.5 Å². The van der Waals surface area contributed by atoms with E-state index in [0.29, 0.717) is 28.9 Å². The molecule has 2 aromatic heterocycles. The number of aromatic nitrogens is 4. The first-order chi connectivity index (χ1) is 28.6. The highest BCUT2D eigenvalue weighted by molar-refractivity contribution is 5.89. The first-order valence-corrected chi connectivity index (χ1v) is 24.1. The highest BCUT2D eigenvalue weighted by atomic mass is 16.5. The topological polar surface area (TPSA) is 105 Å². The fourth-order valence-electron chi connectivity index (χ4n) is 12.7. The van der Waals surface area contributed by atoms with Gasteiger partial charge in [-0.2, -0.15) is 0 Å². The molecule has 2 heterocycles. The van der Waals surface area contributed by atoms with Gasteiger partial charge in [0.1, 0.15) is 23.7 Å². The summed E-state index contributed by atoms with van der Waals surface area (Å²) in [4.78, 5) is 26.0. The summed E-state index contributed by atoms with van der Waals surface area (Å²) < 4.78 is 14.3. The largest absolute Gasteiger partial charge is 0.494 e. The number of carbonyl (C=O) groups is 1. The van der Waals surface area contributed by atoms with Gasteiger partial charge in [0.2, 0.25) is 0 Å². The number of fused-ring (bicyclic) bond motifs is 6. The van der Waals surface area contributed by atoms with Crippen LogP contribution < -0.4 is 10.5 Å². The number of hydrogen-bond acceptors (Lipinski definition) is 7. The van der Waals surface area contributed by atoms with Crippen molar-refractivity contribution in [1.82, 2.24) is 19.5 Å². The van der Waals surface area contributed by atoms with Crippen molar-refractivity contribution in [3.05, 3.63) is 54.1 Å². The van der Waals surface area contributed by atoms with Crippen molar-refractivity contribution in [2.75, 3.05) is 12.3 Å². The molecule has 324 valence electrons. The first-order valence-electron chi connectivity index (χ1n) is 24.1. The molecule has 0 bridgehead atoms. The first kappa shape index (κ1) is 43.7. The number of rotatable bonds is 21. The van der Waals surface area contributed by atoms with Gasteiger partial charge in [0.15, 0.2) is 11.5 Å². The lowest BCUT2D eigenvalue weighted by Gasteiger charge is -2.58. The summed E-state index contributed by atoms with van der Waals surface area (Å²) in [5.74, 6) is 6.13. The summed E-state index contributed by atoms with van der Waals surface area (Å²) in [5.41, 5.74) is 10.4. The van der Waals surface area contributed by atoms with Crippen LogP contribution in [-0.4, -0.2) is 38.2 Å². The van der Waals surface area contributed by atoms with Crippen LogP contribution >= 0.6 is 0 Å². The predicted octanol–water partition coefficient (Wildman–Crippen LogP) is 13.0. The van der Waals surface area contributed by atoms with Crippen LogP contribution in [0.15, 0.2) is 48.6 Å². The lowest BCUT2D eigenvalue weighted by Crippen LogP contribution is -2.51. The molecule has 0 amide bonds. The normalized spacial score (nSPS) is 28.2. The molecule has 0 spiro atoms.